The molecular formula is C16H25ClN3O5S+. The van der Waals surface area contributed by atoms with E-state index in [-0.39, 0.29) is 21.6 Å². The molecule has 1 aliphatic heterocycles. The first-order valence-electron chi connectivity index (χ1n) is 8.38. The number of methoxy groups -OCH3 is 1. The summed E-state index contributed by atoms with van der Waals surface area (Å²) in [7, 11) is -2.59. The lowest BCUT2D eigenvalue weighted by Gasteiger charge is -2.24. The third kappa shape index (κ3) is 5.82. The van der Waals surface area contributed by atoms with Crippen LogP contribution in [0.15, 0.2) is 23.1 Å². The number of rotatable bonds is 8. The van der Waals surface area contributed by atoms with Gasteiger partial charge in [0.15, 0.2) is 0 Å². The highest BCUT2D eigenvalue weighted by molar-refractivity contribution is 7.89. The fraction of sp³-hybridized carbons (Fsp3) is 0.562. The Morgan fingerprint density at radius 1 is 1.38 bits per heavy atom. The zero-order valence-corrected chi connectivity index (χ0v) is 16.5. The number of morpholine rings is 1. The van der Waals surface area contributed by atoms with Crippen LogP contribution in [0.3, 0.4) is 0 Å². The average molecular weight is 407 g/mol. The van der Waals surface area contributed by atoms with Gasteiger partial charge in [-0.2, -0.15) is 4.72 Å². The number of sulfonamides is 1. The molecule has 0 aromatic heterocycles. The molecule has 8 nitrogen and oxygen atoms in total. The van der Waals surface area contributed by atoms with Gasteiger partial charge in [-0.1, -0.05) is 11.6 Å². The minimum absolute atomic E-state index is 0.107. The smallest absolute Gasteiger partial charge is 0.245 e. The van der Waals surface area contributed by atoms with Crippen LogP contribution in [0.2, 0.25) is 5.02 Å². The summed E-state index contributed by atoms with van der Waals surface area (Å²) >= 11 is 5.88. The van der Waals surface area contributed by atoms with Crippen LogP contribution in [0.25, 0.3) is 0 Å². The minimum Gasteiger partial charge on any atom is -0.495 e. The van der Waals surface area contributed by atoms with Gasteiger partial charge < -0.3 is 19.7 Å². The van der Waals surface area contributed by atoms with Crippen LogP contribution in [0.5, 0.6) is 5.75 Å². The van der Waals surface area contributed by atoms with Crippen molar-refractivity contribution in [2.24, 2.45) is 0 Å². The molecule has 0 radical (unpaired) electrons. The second-order valence-electron chi connectivity index (χ2n) is 6.04. The van der Waals surface area contributed by atoms with E-state index in [1.165, 1.54) is 37.1 Å². The van der Waals surface area contributed by atoms with E-state index in [1.54, 1.807) is 0 Å². The molecule has 1 aliphatic rings. The summed E-state index contributed by atoms with van der Waals surface area (Å²) in [6.07, 6.45) is 0. The summed E-state index contributed by atoms with van der Waals surface area (Å²) in [6.45, 7) is 6.00. The highest BCUT2D eigenvalue weighted by Crippen LogP contribution is 2.26. The van der Waals surface area contributed by atoms with Crippen molar-refractivity contribution in [3.63, 3.8) is 0 Å². The van der Waals surface area contributed by atoms with Gasteiger partial charge in [0, 0.05) is 5.02 Å². The van der Waals surface area contributed by atoms with Crippen molar-refractivity contribution in [3.8, 4) is 5.75 Å². The number of ether oxygens (including phenoxy) is 2. The highest BCUT2D eigenvalue weighted by atomic mass is 35.5. The molecule has 0 unspecified atom stereocenters. The van der Waals surface area contributed by atoms with Crippen LogP contribution in [0.4, 0.5) is 0 Å². The van der Waals surface area contributed by atoms with E-state index in [1.807, 2.05) is 0 Å². The van der Waals surface area contributed by atoms with E-state index >= 15 is 0 Å². The SMILES string of the molecule is COc1ccc(Cl)cc1S(=O)(=O)N[C@@H](C)C(=O)NCC[NH+]1CCOCC1. The van der Waals surface area contributed by atoms with Crippen molar-refractivity contribution < 1.29 is 27.6 Å². The van der Waals surface area contributed by atoms with Gasteiger partial charge in [-0.3, -0.25) is 4.79 Å². The first-order valence-corrected chi connectivity index (χ1v) is 10.2. The number of nitrogens with one attached hydrogen (secondary N) is 3. The molecule has 1 amide bonds. The second kappa shape index (κ2) is 9.52. The van der Waals surface area contributed by atoms with Gasteiger partial charge in [-0.15, -0.1) is 0 Å². The van der Waals surface area contributed by atoms with Crippen molar-refractivity contribution in [2.45, 2.75) is 17.9 Å². The summed E-state index contributed by atoms with van der Waals surface area (Å²) in [4.78, 5) is 13.4. The van der Waals surface area contributed by atoms with Crippen LogP contribution in [0, 0.1) is 0 Å². The lowest BCUT2D eigenvalue weighted by atomic mass is 10.3. The van der Waals surface area contributed by atoms with Gasteiger partial charge in [0.1, 0.15) is 23.7 Å². The van der Waals surface area contributed by atoms with Gasteiger partial charge in [0.2, 0.25) is 15.9 Å². The largest absolute Gasteiger partial charge is 0.495 e. The number of quaternary nitrogens is 1. The lowest BCUT2D eigenvalue weighted by molar-refractivity contribution is -0.906. The van der Waals surface area contributed by atoms with Crippen molar-refractivity contribution in [1.29, 1.82) is 0 Å². The molecular weight excluding hydrogens is 382 g/mol. The number of amides is 1. The maximum absolute atomic E-state index is 12.6. The Morgan fingerprint density at radius 3 is 2.73 bits per heavy atom. The molecule has 26 heavy (non-hydrogen) atoms. The zero-order chi connectivity index (χ0) is 19.2. The Hall–Kier alpha value is -1.39. The fourth-order valence-corrected chi connectivity index (χ4v) is 4.27. The second-order valence-corrected chi connectivity index (χ2v) is 8.16. The summed E-state index contributed by atoms with van der Waals surface area (Å²) in [5.74, 6) is -0.229. The van der Waals surface area contributed by atoms with E-state index in [9.17, 15) is 13.2 Å². The van der Waals surface area contributed by atoms with Gasteiger partial charge in [0.05, 0.1) is 39.5 Å². The number of carbonyl (C=O) groups is 1. The topological polar surface area (TPSA) is 98.2 Å². The third-order valence-electron chi connectivity index (χ3n) is 4.12. The number of carbonyl (C=O) groups excluding carboxylic acids is 1. The van der Waals surface area contributed by atoms with Gasteiger partial charge in [0.25, 0.3) is 0 Å². The Kier molecular flexibility index (Phi) is 7.66. The molecule has 1 saturated heterocycles. The van der Waals surface area contributed by atoms with E-state index in [0.29, 0.717) is 6.54 Å². The van der Waals surface area contributed by atoms with E-state index in [4.69, 9.17) is 21.1 Å². The summed E-state index contributed by atoms with van der Waals surface area (Å²) in [6, 6.07) is 3.36. The van der Waals surface area contributed by atoms with Crippen molar-refractivity contribution in [3.05, 3.63) is 23.2 Å². The highest BCUT2D eigenvalue weighted by Gasteiger charge is 2.25. The molecule has 3 N–H and O–H groups in total. The molecule has 0 bridgehead atoms. The standard InChI is InChI=1S/C16H24ClN3O5S/c1-12(16(21)18-5-6-20-7-9-25-10-8-20)19-26(22,23)15-11-13(17)3-4-14(15)24-2/h3-4,11-12,19H,5-10H2,1-2H3,(H,18,21)/p+1/t12-/m0/s1. The first-order chi connectivity index (χ1) is 12.3. The fourth-order valence-electron chi connectivity index (χ4n) is 2.64. The lowest BCUT2D eigenvalue weighted by Crippen LogP contribution is -3.14. The molecule has 0 spiro atoms. The molecule has 1 atom stereocenters. The van der Waals surface area contributed by atoms with Crippen molar-refractivity contribution >= 4 is 27.5 Å². The third-order valence-corrected chi connectivity index (χ3v) is 5.92. The molecule has 146 valence electrons. The van der Waals surface area contributed by atoms with Crippen LogP contribution < -0.4 is 19.7 Å². The van der Waals surface area contributed by atoms with Crippen LogP contribution in [-0.2, 0) is 19.6 Å². The van der Waals surface area contributed by atoms with Crippen LogP contribution in [-0.4, -0.2) is 66.9 Å². The minimum atomic E-state index is -3.96. The Labute approximate surface area is 158 Å². The van der Waals surface area contributed by atoms with Crippen LogP contribution >= 0.6 is 11.6 Å². The van der Waals surface area contributed by atoms with Crippen LogP contribution in [0.1, 0.15) is 6.92 Å². The van der Waals surface area contributed by atoms with Gasteiger partial charge in [-0.05, 0) is 25.1 Å². The maximum Gasteiger partial charge on any atom is 0.245 e. The Bertz CT molecular complexity index is 723. The quantitative estimate of drug-likeness (QED) is 0.517. The molecule has 1 aromatic rings. The zero-order valence-electron chi connectivity index (χ0n) is 14.9. The molecule has 1 fully saturated rings. The molecule has 1 aromatic carbocycles. The number of halogens is 1. The number of hydrogen-bond donors (Lipinski definition) is 3. The first kappa shape index (κ1) is 20.9. The normalized spacial score (nSPS) is 16.9. The Balaban J connectivity index is 1.91. The summed E-state index contributed by atoms with van der Waals surface area (Å²) in [5, 5.41) is 3.02. The monoisotopic (exact) mass is 406 g/mol. The predicted octanol–water partition coefficient (Wildman–Crippen LogP) is -0.953. The summed E-state index contributed by atoms with van der Waals surface area (Å²) < 4.78 is 37.8. The van der Waals surface area contributed by atoms with Crippen molar-refractivity contribution in [1.82, 2.24) is 10.0 Å². The molecule has 10 heteroatoms. The number of benzene rings is 1. The van der Waals surface area contributed by atoms with Crippen molar-refractivity contribution in [2.75, 3.05) is 46.5 Å². The summed E-state index contributed by atoms with van der Waals surface area (Å²) in [5.41, 5.74) is 0. The Morgan fingerprint density at radius 2 is 2.08 bits per heavy atom. The molecule has 1 heterocycles. The van der Waals surface area contributed by atoms with Gasteiger partial charge in [-0.25, -0.2) is 8.42 Å². The van der Waals surface area contributed by atoms with E-state index in [2.05, 4.69) is 10.0 Å². The van der Waals surface area contributed by atoms with E-state index < -0.39 is 16.1 Å². The molecule has 0 saturated carbocycles. The van der Waals surface area contributed by atoms with Gasteiger partial charge >= 0.3 is 0 Å². The molecule has 0 aliphatic carbocycles. The average Bonchev–Trinajstić information content (AvgIpc) is 2.62. The predicted molar refractivity (Wildman–Crippen MR) is 97.2 cm³/mol. The maximum atomic E-state index is 12.6. The van der Waals surface area contributed by atoms with E-state index in [0.717, 1.165) is 32.8 Å². The molecule has 2 rings (SSSR count). The number of hydrogen-bond acceptors (Lipinski definition) is 5.